The number of fused-ring (bicyclic) bond motifs is 5. The molecule has 136 valence electrons. The Morgan fingerprint density at radius 1 is 0.963 bits per heavy atom. The Balaban J connectivity index is 1.43. The molecule has 0 N–H and O–H groups in total. The molecule has 1 saturated heterocycles. The number of hydrogen-bond donors (Lipinski definition) is 0. The zero-order valence-electron chi connectivity index (χ0n) is 15.4. The van der Waals surface area contributed by atoms with Crippen LogP contribution in [0, 0.1) is 0 Å². The number of imidazole rings is 2. The van der Waals surface area contributed by atoms with Gasteiger partial charge in [0.05, 0.1) is 11.0 Å². The van der Waals surface area contributed by atoms with Gasteiger partial charge in [0.15, 0.2) is 0 Å². The van der Waals surface area contributed by atoms with Crippen LogP contribution in [0.3, 0.4) is 0 Å². The van der Waals surface area contributed by atoms with Crippen LogP contribution in [-0.2, 0) is 13.0 Å². The van der Waals surface area contributed by atoms with Gasteiger partial charge < -0.3 is 8.97 Å². The Morgan fingerprint density at radius 3 is 2.89 bits per heavy atom. The summed E-state index contributed by atoms with van der Waals surface area (Å²) in [4.78, 5) is 12.1. The van der Waals surface area contributed by atoms with Crippen LogP contribution in [0.25, 0.3) is 27.8 Å². The van der Waals surface area contributed by atoms with Crippen molar-refractivity contribution in [3.8, 4) is 11.1 Å². The molecule has 6 rings (SSSR count). The van der Waals surface area contributed by atoms with Crippen LogP contribution in [0.4, 0.5) is 0 Å². The van der Waals surface area contributed by atoms with Crippen molar-refractivity contribution in [3.63, 3.8) is 0 Å². The number of hydrogen-bond acceptors (Lipinski definition) is 3. The van der Waals surface area contributed by atoms with Crippen molar-refractivity contribution in [3.05, 3.63) is 54.7 Å². The third-order valence-corrected chi connectivity index (χ3v) is 6.29. The predicted octanol–water partition coefficient (Wildman–Crippen LogP) is 3.76. The maximum Gasteiger partial charge on any atom is 0.136 e. The van der Waals surface area contributed by atoms with Gasteiger partial charge in [0.2, 0.25) is 0 Å². The van der Waals surface area contributed by atoms with E-state index < -0.39 is 0 Å². The monoisotopic (exact) mass is 357 g/mol. The molecular formula is C22H23N5. The van der Waals surface area contributed by atoms with Gasteiger partial charge >= 0.3 is 0 Å². The first kappa shape index (κ1) is 15.4. The van der Waals surface area contributed by atoms with Gasteiger partial charge in [-0.1, -0.05) is 6.07 Å². The number of pyridine rings is 1. The number of nitrogens with zero attached hydrogens (tertiary/aromatic N) is 5. The largest absolute Gasteiger partial charge is 0.328 e. The molecule has 2 aliphatic heterocycles. The summed E-state index contributed by atoms with van der Waals surface area (Å²) in [5, 5.41) is 0. The summed E-state index contributed by atoms with van der Waals surface area (Å²) >= 11 is 0. The molecule has 0 spiro atoms. The molecule has 1 fully saturated rings. The smallest absolute Gasteiger partial charge is 0.136 e. The Kier molecular flexibility index (Phi) is 3.38. The molecule has 3 aromatic heterocycles. The highest BCUT2D eigenvalue weighted by atomic mass is 15.2. The zero-order valence-corrected chi connectivity index (χ0v) is 15.4. The molecule has 2 aliphatic rings. The van der Waals surface area contributed by atoms with Gasteiger partial charge in [-0.15, -0.1) is 0 Å². The van der Waals surface area contributed by atoms with E-state index in [-0.39, 0.29) is 0 Å². The minimum Gasteiger partial charge on any atom is -0.328 e. The molecule has 0 bridgehead atoms. The van der Waals surface area contributed by atoms with E-state index in [1.165, 1.54) is 54.8 Å². The first-order valence-electron chi connectivity index (χ1n) is 10.0. The molecule has 5 heteroatoms. The molecule has 5 heterocycles. The molecule has 1 aromatic carbocycles. The lowest BCUT2D eigenvalue weighted by molar-refractivity contribution is 0.231. The summed E-state index contributed by atoms with van der Waals surface area (Å²) in [5.74, 6) is 1.27. The molecule has 0 radical (unpaired) electrons. The predicted molar refractivity (Wildman–Crippen MR) is 107 cm³/mol. The second kappa shape index (κ2) is 5.92. The maximum absolute atomic E-state index is 5.07. The minimum absolute atomic E-state index is 0.684. The lowest BCUT2D eigenvalue weighted by atomic mass is 10.1. The Morgan fingerprint density at radius 2 is 1.89 bits per heavy atom. The lowest BCUT2D eigenvalue weighted by Crippen LogP contribution is -2.35. The molecule has 0 aliphatic carbocycles. The van der Waals surface area contributed by atoms with Gasteiger partial charge in [0, 0.05) is 44.1 Å². The van der Waals surface area contributed by atoms with Crippen LogP contribution < -0.4 is 0 Å². The van der Waals surface area contributed by atoms with Crippen LogP contribution in [0.5, 0.6) is 0 Å². The molecule has 0 amide bonds. The summed E-state index contributed by atoms with van der Waals surface area (Å²) in [6, 6.07) is 11.6. The third-order valence-electron chi connectivity index (χ3n) is 6.29. The molecule has 27 heavy (non-hydrogen) atoms. The van der Waals surface area contributed by atoms with Crippen molar-refractivity contribution in [1.29, 1.82) is 0 Å². The van der Waals surface area contributed by atoms with E-state index in [0.717, 1.165) is 24.1 Å². The molecular weight excluding hydrogens is 334 g/mol. The highest BCUT2D eigenvalue weighted by Crippen LogP contribution is 2.29. The van der Waals surface area contributed by atoms with Crippen molar-refractivity contribution < 1.29 is 0 Å². The Bertz CT molecular complexity index is 1140. The van der Waals surface area contributed by atoms with Crippen molar-refractivity contribution in [2.75, 3.05) is 13.1 Å². The fourth-order valence-electron chi connectivity index (χ4n) is 4.92. The van der Waals surface area contributed by atoms with Crippen molar-refractivity contribution >= 4 is 16.7 Å². The van der Waals surface area contributed by atoms with Gasteiger partial charge in [0.25, 0.3) is 0 Å². The second-order valence-corrected chi connectivity index (χ2v) is 7.88. The van der Waals surface area contributed by atoms with Crippen LogP contribution in [0.15, 0.2) is 48.9 Å². The number of rotatable bonds is 1. The van der Waals surface area contributed by atoms with Crippen LogP contribution in [0.2, 0.25) is 0 Å². The first-order chi connectivity index (χ1) is 13.3. The van der Waals surface area contributed by atoms with Crippen molar-refractivity contribution in [2.45, 2.75) is 38.3 Å². The fraction of sp³-hybridized carbons (Fsp3) is 0.364. The Hall–Kier alpha value is -2.66. The quantitative estimate of drug-likeness (QED) is 0.521. The van der Waals surface area contributed by atoms with E-state index in [4.69, 9.17) is 4.98 Å². The average molecular weight is 357 g/mol. The molecule has 1 atom stereocenters. The lowest BCUT2D eigenvalue weighted by Gasteiger charge is -2.27. The van der Waals surface area contributed by atoms with E-state index in [2.05, 4.69) is 55.4 Å². The van der Waals surface area contributed by atoms with E-state index in [9.17, 15) is 0 Å². The van der Waals surface area contributed by atoms with Crippen LogP contribution >= 0.6 is 0 Å². The Labute approximate surface area is 158 Å². The second-order valence-electron chi connectivity index (χ2n) is 7.88. The van der Waals surface area contributed by atoms with Crippen molar-refractivity contribution in [2.24, 2.45) is 0 Å². The van der Waals surface area contributed by atoms with Gasteiger partial charge in [-0.05, 0) is 61.2 Å². The van der Waals surface area contributed by atoms with Crippen LogP contribution in [0.1, 0.15) is 25.1 Å². The number of aryl methyl sites for hydroxylation is 1. The van der Waals surface area contributed by atoms with Gasteiger partial charge in [-0.3, -0.25) is 4.90 Å². The molecule has 4 aromatic rings. The van der Waals surface area contributed by atoms with E-state index in [0.29, 0.717) is 6.04 Å². The number of aromatic nitrogens is 4. The number of benzene rings is 1. The normalized spacial score (nSPS) is 20.5. The maximum atomic E-state index is 5.07. The molecule has 0 unspecified atom stereocenters. The fourth-order valence-corrected chi connectivity index (χ4v) is 4.92. The summed E-state index contributed by atoms with van der Waals surface area (Å²) in [7, 11) is 0. The minimum atomic E-state index is 0.684. The SMILES string of the molecule is c1cn2cc(-c3ccc4c(c3)nc3n4CCCN4CCC[C@H]4C3)ccc2n1. The average Bonchev–Trinajstić information content (AvgIpc) is 3.39. The highest BCUT2D eigenvalue weighted by molar-refractivity contribution is 5.82. The van der Waals surface area contributed by atoms with Gasteiger partial charge in [0.1, 0.15) is 11.5 Å². The van der Waals surface area contributed by atoms with Crippen molar-refractivity contribution in [1.82, 2.24) is 23.8 Å². The summed E-state index contributed by atoms with van der Waals surface area (Å²) in [6.45, 7) is 3.58. The van der Waals surface area contributed by atoms with Gasteiger partial charge in [-0.2, -0.15) is 0 Å². The van der Waals surface area contributed by atoms with Gasteiger partial charge in [-0.25, -0.2) is 9.97 Å². The standard InChI is InChI=1S/C22H23N5/c1-3-18-14-22-24-19-13-16(17-5-7-21-23-8-12-26(21)15-17)4-6-20(19)27(22)11-2-10-25(18)9-1/h4-8,12-13,15,18H,1-3,9-11,14H2/t18-/m0/s1. The summed E-state index contributed by atoms with van der Waals surface area (Å²) in [6.07, 6.45) is 10.9. The van der Waals surface area contributed by atoms with Crippen LogP contribution in [-0.4, -0.2) is 43.0 Å². The van der Waals surface area contributed by atoms with E-state index >= 15 is 0 Å². The zero-order chi connectivity index (χ0) is 17.8. The molecule has 5 nitrogen and oxygen atoms in total. The topological polar surface area (TPSA) is 38.4 Å². The molecule has 0 saturated carbocycles. The first-order valence-corrected chi connectivity index (χ1v) is 10.0. The highest BCUT2D eigenvalue weighted by Gasteiger charge is 2.28. The van der Waals surface area contributed by atoms with E-state index in [1.54, 1.807) is 0 Å². The summed E-state index contributed by atoms with van der Waals surface area (Å²) in [5.41, 5.74) is 5.80. The summed E-state index contributed by atoms with van der Waals surface area (Å²) < 4.78 is 4.54. The van der Waals surface area contributed by atoms with E-state index in [1.807, 2.05) is 12.4 Å². The third kappa shape index (κ3) is 2.49.